The summed E-state index contributed by atoms with van der Waals surface area (Å²) in [5.41, 5.74) is 8.68. The number of benzene rings is 1. The number of aliphatic hydroxyl groups is 3. The highest BCUT2D eigenvalue weighted by atomic mass is 32.3. The van der Waals surface area contributed by atoms with Crippen molar-refractivity contribution < 1.29 is 52.3 Å². The van der Waals surface area contributed by atoms with E-state index >= 15 is 0 Å². The van der Waals surface area contributed by atoms with Crippen molar-refractivity contribution >= 4 is 45.0 Å². The Hall–Kier alpha value is -3.70. The number of aromatic hydroxyl groups is 1. The smallest absolute Gasteiger partial charge is 0.394 e. The lowest BCUT2D eigenvalue weighted by Gasteiger charge is -2.50. The van der Waals surface area contributed by atoms with E-state index in [2.05, 4.69) is 0 Å². The van der Waals surface area contributed by atoms with Gasteiger partial charge in [-0.1, -0.05) is 0 Å². The Morgan fingerprint density at radius 2 is 1.64 bits per heavy atom. The van der Waals surface area contributed by atoms with Crippen LogP contribution in [0.1, 0.15) is 17.5 Å². The van der Waals surface area contributed by atoms with Crippen LogP contribution in [0.5, 0.6) is 5.75 Å². The van der Waals surface area contributed by atoms with Crippen molar-refractivity contribution in [2.24, 2.45) is 17.6 Å². The second-order valence-corrected chi connectivity index (χ2v) is 10.9. The maximum Gasteiger partial charge on any atom is 0.394 e. The van der Waals surface area contributed by atoms with E-state index in [0.29, 0.717) is 11.3 Å². The molecule has 3 aliphatic carbocycles. The molecular weight excluding hydrogens is 540 g/mol. The van der Waals surface area contributed by atoms with Gasteiger partial charge >= 0.3 is 10.4 Å². The van der Waals surface area contributed by atoms with Gasteiger partial charge in [-0.3, -0.25) is 28.4 Å². The van der Waals surface area contributed by atoms with Crippen LogP contribution >= 0.6 is 0 Å². The topological polar surface area (TPSA) is 265 Å². The lowest BCUT2D eigenvalue weighted by Crippen LogP contribution is -2.65. The van der Waals surface area contributed by atoms with Crippen LogP contribution in [0.25, 0.3) is 5.76 Å². The summed E-state index contributed by atoms with van der Waals surface area (Å²) in [5.74, 6) is -6.95. The number of phenols is 1. The molecule has 1 aromatic carbocycles. The molecule has 0 aromatic heterocycles. The summed E-state index contributed by atoms with van der Waals surface area (Å²) in [4.78, 5) is 42.0. The molecule has 0 bridgehead atoms. The molecule has 0 radical (unpaired) electrons. The van der Waals surface area contributed by atoms with E-state index in [9.17, 15) is 34.8 Å². The second kappa shape index (κ2) is 9.80. The maximum absolute atomic E-state index is 13.7. The van der Waals surface area contributed by atoms with Crippen molar-refractivity contribution in [2.45, 2.75) is 24.5 Å². The molecule has 0 heterocycles. The fourth-order valence-corrected chi connectivity index (χ4v) is 5.71. The summed E-state index contributed by atoms with van der Waals surface area (Å²) >= 11 is 0. The van der Waals surface area contributed by atoms with E-state index in [4.69, 9.17) is 29.0 Å². The van der Waals surface area contributed by atoms with Crippen molar-refractivity contribution in [3.8, 4) is 5.75 Å². The number of nitrogens with zero attached hydrogens (tertiary/aromatic N) is 2. The number of rotatable bonds is 3. The first-order chi connectivity index (χ1) is 17.7. The zero-order valence-corrected chi connectivity index (χ0v) is 22.2. The van der Waals surface area contributed by atoms with Gasteiger partial charge in [-0.15, -0.1) is 0 Å². The molecule has 3 aliphatic rings. The number of hydrogen-bond acceptors (Lipinski definition) is 12. The predicted octanol–water partition coefficient (Wildman–Crippen LogP) is -1.04. The lowest BCUT2D eigenvalue weighted by atomic mass is 9.57. The fraction of sp³-hybridized carbons (Fsp3) is 0.435. The number of anilines is 2. The molecule has 0 aliphatic heterocycles. The minimum atomic E-state index is -4.67. The minimum Gasteiger partial charge on any atom is -0.508 e. The Balaban J connectivity index is 0.000000771. The molecule has 4 atom stereocenters. The van der Waals surface area contributed by atoms with E-state index in [1.54, 1.807) is 39.2 Å². The number of ketones is 2. The van der Waals surface area contributed by atoms with Crippen molar-refractivity contribution in [3.05, 3.63) is 34.1 Å². The SMILES string of the molecule is CN(C)c1cc(N)c(O)c2c1CC1CC3[C@H](N(C)C)C(=O)C(C(N)=O)=C(O)[C@@]3(O)C(=O)C1=C2O.O=S(=O)(O)O. The van der Waals surface area contributed by atoms with E-state index in [0.717, 1.165) is 0 Å². The molecule has 0 spiro atoms. The van der Waals surface area contributed by atoms with Crippen molar-refractivity contribution in [2.75, 3.05) is 38.8 Å². The van der Waals surface area contributed by atoms with Crippen LogP contribution in [-0.2, 0) is 31.2 Å². The third-order valence-electron chi connectivity index (χ3n) is 7.21. The van der Waals surface area contributed by atoms with Gasteiger partial charge in [0.2, 0.25) is 5.78 Å². The number of carbonyl (C=O) groups is 3. The number of likely N-dealkylation sites (N-methyl/N-ethyl adjacent to an activating group) is 1. The third-order valence-corrected chi connectivity index (χ3v) is 7.21. The van der Waals surface area contributed by atoms with Gasteiger partial charge in [0.15, 0.2) is 11.4 Å². The minimum absolute atomic E-state index is 0.0115. The first kappa shape index (κ1) is 29.9. The van der Waals surface area contributed by atoms with Crippen LogP contribution < -0.4 is 16.4 Å². The first-order valence-corrected chi connectivity index (χ1v) is 12.8. The Morgan fingerprint density at radius 1 is 1.10 bits per heavy atom. The monoisotopic (exact) mass is 570 g/mol. The molecule has 1 fully saturated rings. The Kier molecular flexibility index (Phi) is 7.50. The van der Waals surface area contributed by atoms with E-state index in [1.807, 2.05) is 0 Å². The number of fused-ring (bicyclic) bond motifs is 3. The number of primary amides is 1. The van der Waals surface area contributed by atoms with Crippen LogP contribution in [0.4, 0.5) is 11.4 Å². The average molecular weight is 571 g/mol. The second-order valence-electron chi connectivity index (χ2n) is 9.99. The number of phenolic OH excluding ortho intramolecular Hbond substituents is 1. The van der Waals surface area contributed by atoms with Crippen molar-refractivity contribution in [1.29, 1.82) is 0 Å². The Morgan fingerprint density at radius 3 is 2.10 bits per heavy atom. The van der Waals surface area contributed by atoms with Gasteiger partial charge in [-0.2, -0.15) is 8.42 Å². The van der Waals surface area contributed by atoms with Crippen molar-refractivity contribution in [1.82, 2.24) is 4.90 Å². The molecule has 1 aromatic rings. The van der Waals surface area contributed by atoms with Crippen LogP contribution in [0.2, 0.25) is 0 Å². The summed E-state index contributed by atoms with van der Waals surface area (Å²) in [7, 11) is 1.98. The van der Waals surface area contributed by atoms with Crippen molar-refractivity contribution in [3.63, 3.8) is 0 Å². The lowest BCUT2D eigenvalue weighted by molar-refractivity contribution is -0.153. The van der Waals surface area contributed by atoms with Crippen LogP contribution in [-0.4, -0.2) is 100 Å². The number of carbonyl (C=O) groups excluding carboxylic acids is 3. The summed E-state index contributed by atoms with van der Waals surface area (Å²) in [6, 6.07) is 0.444. The fourth-order valence-electron chi connectivity index (χ4n) is 5.71. The van der Waals surface area contributed by atoms with Gasteiger partial charge in [0, 0.05) is 31.3 Å². The Bertz CT molecular complexity index is 1440. The molecule has 2 unspecified atom stereocenters. The Labute approximate surface area is 223 Å². The van der Waals surface area contributed by atoms with Gasteiger partial charge in [-0.05, 0) is 44.5 Å². The molecular formula is C23H30N4O11S. The standard InChI is InChI=1S/C23H28N4O7.H2O4S/c1-26(2)12-7-11(24)17(28)14-9(12)5-8-6-10-16(27(3)4)19(30)15(22(25)33)21(32)23(10,34)20(31)13(8)18(14)29;1-5(2,3)4/h7-8,10,16,28-29,32,34H,5-6,24H2,1-4H3,(H2,25,33);(H2,1,2,3,4)/t8?,10?,16-,23-;/m0./s1. The largest absolute Gasteiger partial charge is 0.508 e. The molecule has 15 nitrogen and oxygen atoms in total. The summed E-state index contributed by atoms with van der Waals surface area (Å²) in [5, 5.41) is 44.2. The average Bonchev–Trinajstić information content (AvgIpc) is 2.76. The summed E-state index contributed by atoms with van der Waals surface area (Å²) in [6.07, 6.45) is 0.236. The van der Waals surface area contributed by atoms with Crippen LogP contribution in [0, 0.1) is 11.8 Å². The quantitative estimate of drug-likeness (QED) is 0.0934. The number of nitrogen functional groups attached to an aromatic ring is 1. The van der Waals surface area contributed by atoms with E-state index in [1.165, 1.54) is 4.90 Å². The summed E-state index contributed by atoms with van der Waals surface area (Å²) in [6.45, 7) is 0. The number of amides is 1. The van der Waals surface area contributed by atoms with Gasteiger partial charge < -0.3 is 36.8 Å². The predicted molar refractivity (Wildman–Crippen MR) is 137 cm³/mol. The number of aliphatic hydroxyl groups excluding tert-OH is 2. The zero-order valence-electron chi connectivity index (χ0n) is 21.4. The molecule has 4 rings (SSSR count). The highest BCUT2D eigenvalue weighted by Gasteiger charge is 2.64. The highest BCUT2D eigenvalue weighted by molar-refractivity contribution is 7.79. The molecule has 1 amide bonds. The van der Waals surface area contributed by atoms with E-state index in [-0.39, 0.29) is 29.7 Å². The highest BCUT2D eigenvalue weighted by Crippen LogP contribution is 2.54. The van der Waals surface area contributed by atoms with Crippen LogP contribution in [0.3, 0.4) is 0 Å². The van der Waals surface area contributed by atoms with Gasteiger partial charge in [0.05, 0.1) is 17.3 Å². The number of Topliss-reactive ketones (excluding diaryl/α,β-unsaturated/α-hetero) is 2. The third kappa shape index (κ3) is 4.80. The number of hydrogen-bond donors (Lipinski definition) is 8. The van der Waals surface area contributed by atoms with Gasteiger partial charge in [-0.25, -0.2) is 0 Å². The summed E-state index contributed by atoms with van der Waals surface area (Å²) < 4.78 is 31.6. The normalized spacial score (nSPS) is 26.4. The zero-order chi connectivity index (χ0) is 29.9. The molecule has 0 saturated heterocycles. The maximum atomic E-state index is 13.7. The van der Waals surface area contributed by atoms with Crippen LogP contribution in [0.15, 0.2) is 23.0 Å². The van der Waals surface area contributed by atoms with Gasteiger partial charge in [0.1, 0.15) is 22.8 Å². The molecule has 16 heteroatoms. The molecule has 214 valence electrons. The molecule has 39 heavy (non-hydrogen) atoms. The first-order valence-electron chi connectivity index (χ1n) is 11.4. The molecule has 10 N–H and O–H groups in total. The molecule has 1 saturated carbocycles. The number of nitrogens with two attached hydrogens (primary N) is 2. The van der Waals surface area contributed by atoms with E-state index < -0.39 is 74.2 Å². The van der Waals surface area contributed by atoms with Gasteiger partial charge in [0.25, 0.3) is 5.91 Å².